The normalized spacial score (nSPS) is 14.8. The van der Waals surface area contributed by atoms with Crippen LogP contribution in [0.25, 0.3) is 5.82 Å². The van der Waals surface area contributed by atoms with Crippen LogP contribution in [-0.4, -0.2) is 68.9 Å². The van der Waals surface area contributed by atoms with Crippen LogP contribution in [0.2, 0.25) is 0 Å². The average molecular weight is 331 g/mol. The van der Waals surface area contributed by atoms with Crippen molar-refractivity contribution in [2.75, 3.05) is 32.8 Å². The Balaban J connectivity index is 1.72. The largest absolute Gasteiger partial charge is 0.450 e. The fraction of sp³-hybridized carbons (Fsp3) is 0.438. The molecule has 0 aliphatic carbocycles. The van der Waals surface area contributed by atoms with Crippen molar-refractivity contribution in [3.8, 4) is 5.82 Å². The standard InChI is InChI=1S/C16H21N5O3/c1-3-24-16(23)21-10-8-20(9-11-21)15(22)13-12-17-18(2)14(13)19-6-4-5-7-19/h4-7,12H,3,8-11H2,1-2H3. The number of rotatable bonds is 3. The van der Waals surface area contributed by atoms with E-state index in [1.165, 1.54) is 0 Å². The van der Waals surface area contributed by atoms with Gasteiger partial charge in [0.25, 0.3) is 5.91 Å². The molecule has 0 N–H and O–H groups in total. The molecule has 1 saturated heterocycles. The first-order chi connectivity index (χ1) is 11.6. The maximum absolute atomic E-state index is 12.9. The second kappa shape index (κ2) is 6.77. The van der Waals surface area contributed by atoms with Crippen LogP contribution in [0, 0.1) is 0 Å². The van der Waals surface area contributed by atoms with Gasteiger partial charge in [0, 0.05) is 45.6 Å². The molecule has 0 aromatic carbocycles. The first-order valence-electron chi connectivity index (χ1n) is 7.98. The van der Waals surface area contributed by atoms with Crippen LogP contribution in [-0.2, 0) is 11.8 Å². The molecule has 2 amide bonds. The molecule has 0 atom stereocenters. The summed E-state index contributed by atoms with van der Waals surface area (Å²) in [4.78, 5) is 28.0. The lowest BCUT2D eigenvalue weighted by molar-refractivity contribution is 0.0570. The quantitative estimate of drug-likeness (QED) is 0.845. The van der Waals surface area contributed by atoms with Gasteiger partial charge in [-0.25, -0.2) is 4.79 Å². The summed E-state index contributed by atoms with van der Waals surface area (Å²) in [5, 5.41) is 4.22. The molecule has 1 fully saturated rings. The zero-order valence-corrected chi connectivity index (χ0v) is 13.9. The van der Waals surface area contributed by atoms with Gasteiger partial charge >= 0.3 is 6.09 Å². The molecule has 1 aliphatic rings. The van der Waals surface area contributed by atoms with Crippen molar-refractivity contribution >= 4 is 12.0 Å². The van der Waals surface area contributed by atoms with E-state index < -0.39 is 0 Å². The van der Waals surface area contributed by atoms with Gasteiger partial charge in [0.1, 0.15) is 11.4 Å². The van der Waals surface area contributed by atoms with E-state index in [1.807, 2.05) is 36.1 Å². The maximum atomic E-state index is 12.9. The summed E-state index contributed by atoms with van der Waals surface area (Å²) in [6.07, 6.45) is 5.04. The van der Waals surface area contributed by atoms with Crippen molar-refractivity contribution in [2.24, 2.45) is 7.05 Å². The Morgan fingerprint density at radius 3 is 2.38 bits per heavy atom. The molecule has 3 rings (SSSR count). The Morgan fingerprint density at radius 1 is 1.12 bits per heavy atom. The van der Waals surface area contributed by atoms with Gasteiger partial charge in [-0.15, -0.1) is 0 Å². The highest BCUT2D eigenvalue weighted by molar-refractivity contribution is 5.97. The summed E-state index contributed by atoms with van der Waals surface area (Å²) in [6, 6.07) is 3.80. The van der Waals surface area contributed by atoms with Gasteiger partial charge in [-0.05, 0) is 19.1 Å². The van der Waals surface area contributed by atoms with Crippen LogP contribution in [0.4, 0.5) is 4.79 Å². The summed E-state index contributed by atoms with van der Waals surface area (Å²) < 4.78 is 8.55. The fourth-order valence-electron chi connectivity index (χ4n) is 2.84. The van der Waals surface area contributed by atoms with Crippen LogP contribution >= 0.6 is 0 Å². The average Bonchev–Trinajstić information content (AvgIpc) is 3.23. The number of carbonyl (C=O) groups excluding carboxylic acids is 2. The molecule has 0 saturated carbocycles. The topological polar surface area (TPSA) is 72.6 Å². The minimum atomic E-state index is -0.320. The van der Waals surface area contributed by atoms with E-state index in [0.717, 1.165) is 5.82 Å². The number of aryl methyl sites for hydroxylation is 1. The van der Waals surface area contributed by atoms with Gasteiger partial charge in [0.15, 0.2) is 0 Å². The minimum absolute atomic E-state index is 0.0738. The highest BCUT2D eigenvalue weighted by atomic mass is 16.6. The highest BCUT2D eigenvalue weighted by Crippen LogP contribution is 2.17. The van der Waals surface area contributed by atoms with Crippen LogP contribution in [0.5, 0.6) is 0 Å². The van der Waals surface area contributed by atoms with Gasteiger partial charge in [0.05, 0.1) is 12.8 Å². The second-order valence-corrected chi connectivity index (χ2v) is 5.57. The number of aromatic nitrogens is 3. The lowest BCUT2D eigenvalue weighted by Crippen LogP contribution is -2.50. The van der Waals surface area contributed by atoms with Crippen molar-refractivity contribution in [1.29, 1.82) is 0 Å². The summed E-state index contributed by atoms with van der Waals surface area (Å²) in [6.45, 7) is 4.06. The molecule has 0 unspecified atom stereocenters. The molecule has 0 radical (unpaired) electrons. The smallest absolute Gasteiger partial charge is 0.409 e. The van der Waals surface area contributed by atoms with Crippen LogP contribution in [0.3, 0.4) is 0 Å². The van der Waals surface area contributed by atoms with E-state index in [0.29, 0.717) is 38.3 Å². The molecule has 2 aromatic rings. The number of hydrogen-bond donors (Lipinski definition) is 0. The third-order valence-corrected chi connectivity index (χ3v) is 4.08. The molecule has 1 aliphatic heterocycles. The van der Waals surface area contributed by atoms with Crippen molar-refractivity contribution in [1.82, 2.24) is 24.1 Å². The number of ether oxygens (including phenoxy) is 1. The van der Waals surface area contributed by atoms with Gasteiger partial charge in [-0.2, -0.15) is 5.10 Å². The predicted octanol–water partition coefficient (Wildman–Crippen LogP) is 1.13. The number of piperazine rings is 1. The van der Waals surface area contributed by atoms with E-state index in [2.05, 4.69) is 5.10 Å². The summed E-state index contributed by atoms with van der Waals surface area (Å²) in [5.41, 5.74) is 0.554. The molecule has 24 heavy (non-hydrogen) atoms. The zero-order valence-electron chi connectivity index (χ0n) is 13.9. The van der Waals surface area contributed by atoms with Crippen LogP contribution in [0.15, 0.2) is 30.7 Å². The van der Waals surface area contributed by atoms with Gasteiger partial charge in [-0.1, -0.05) is 0 Å². The first kappa shape index (κ1) is 16.1. The molecule has 8 nitrogen and oxygen atoms in total. The van der Waals surface area contributed by atoms with Gasteiger partial charge in [-0.3, -0.25) is 9.48 Å². The predicted molar refractivity (Wildman–Crippen MR) is 87.0 cm³/mol. The van der Waals surface area contributed by atoms with Crippen molar-refractivity contribution < 1.29 is 14.3 Å². The molecular formula is C16H21N5O3. The monoisotopic (exact) mass is 331 g/mol. The molecule has 128 valence electrons. The van der Waals surface area contributed by atoms with Crippen molar-refractivity contribution in [3.63, 3.8) is 0 Å². The molecule has 0 spiro atoms. The molecular weight excluding hydrogens is 310 g/mol. The number of amides is 2. The van der Waals surface area contributed by atoms with E-state index in [4.69, 9.17) is 4.74 Å². The highest BCUT2D eigenvalue weighted by Gasteiger charge is 2.28. The van der Waals surface area contributed by atoms with Crippen molar-refractivity contribution in [2.45, 2.75) is 6.92 Å². The third-order valence-electron chi connectivity index (χ3n) is 4.08. The Labute approximate surface area is 140 Å². The fourth-order valence-corrected chi connectivity index (χ4v) is 2.84. The Hall–Kier alpha value is -2.77. The number of nitrogens with zero attached hydrogens (tertiary/aromatic N) is 5. The summed E-state index contributed by atoms with van der Waals surface area (Å²) in [5.74, 6) is 0.660. The third kappa shape index (κ3) is 2.99. The number of hydrogen-bond acceptors (Lipinski definition) is 4. The van der Waals surface area contributed by atoms with Gasteiger partial charge in [0.2, 0.25) is 0 Å². The van der Waals surface area contributed by atoms with E-state index in [1.54, 1.807) is 27.6 Å². The Bertz CT molecular complexity index is 714. The van der Waals surface area contributed by atoms with E-state index in [-0.39, 0.29) is 12.0 Å². The Kier molecular flexibility index (Phi) is 4.54. The SMILES string of the molecule is CCOC(=O)N1CCN(C(=O)c2cnn(C)c2-n2cccc2)CC1. The summed E-state index contributed by atoms with van der Waals surface area (Å²) >= 11 is 0. The molecule has 8 heteroatoms. The lowest BCUT2D eigenvalue weighted by atomic mass is 10.2. The van der Waals surface area contributed by atoms with E-state index in [9.17, 15) is 9.59 Å². The number of carbonyl (C=O) groups is 2. The zero-order chi connectivity index (χ0) is 17.1. The molecule has 2 aromatic heterocycles. The van der Waals surface area contributed by atoms with Crippen molar-refractivity contribution in [3.05, 3.63) is 36.3 Å². The van der Waals surface area contributed by atoms with Gasteiger partial charge < -0.3 is 19.1 Å². The molecule has 3 heterocycles. The minimum Gasteiger partial charge on any atom is -0.450 e. The van der Waals surface area contributed by atoms with Crippen LogP contribution in [0.1, 0.15) is 17.3 Å². The first-order valence-corrected chi connectivity index (χ1v) is 7.98. The summed E-state index contributed by atoms with van der Waals surface area (Å²) in [7, 11) is 1.81. The van der Waals surface area contributed by atoms with E-state index >= 15 is 0 Å². The maximum Gasteiger partial charge on any atom is 0.409 e. The second-order valence-electron chi connectivity index (χ2n) is 5.57. The van der Waals surface area contributed by atoms with Crippen LogP contribution < -0.4 is 0 Å². The Morgan fingerprint density at radius 2 is 1.75 bits per heavy atom. The lowest BCUT2D eigenvalue weighted by Gasteiger charge is -2.34. The molecule has 0 bridgehead atoms.